The van der Waals surface area contributed by atoms with Crippen molar-refractivity contribution in [1.82, 2.24) is 0 Å². The van der Waals surface area contributed by atoms with Gasteiger partial charge >= 0.3 is 17.9 Å². The van der Waals surface area contributed by atoms with E-state index >= 15 is 0 Å². The van der Waals surface area contributed by atoms with Gasteiger partial charge < -0.3 is 14.2 Å². The summed E-state index contributed by atoms with van der Waals surface area (Å²) in [6.45, 7) is 6.67. The van der Waals surface area contributed by atoms with Gasteiger partial charge in [0.1, 0.15) is 13.2 Å². The quantitative estimate of drug-likeness (QED) is 0.0261. The molecule has 1 atom stereocenters. The Bertz CT molecular complexity index is 1190. The number of carbonyl (C=O) groups excluding carboxylic acids is 3. The van der Waals surface area contributed by atoms with E-state index in [0.717, 1.165) is 77.0 Å². The maximum Gasteiger partial charge on any atom is 0.306 e. The second kappa shape index (κ2) is 63.4. The van der Waals surface area contributed by atoms with Gasteiger partial charge in [-0.25, -0.2) is 0 Å². The lowest BCUT2D eigenvalue weighted by Gasteiger charge is -2.18. The molecule has 0 radical (unpaired) electrons. The van der Waals surface area contributed by atoms with Crippen LogP contribution >= 0.6 is 0 Å². The summed E-state index contributed by atoms with van der Waals surface area (Å²) >= 11 is 0. The smallest absolute Gasteiger partial charge is 0.306 e. The van der Waals surface area contributed by atoms with Gasteiger partial charge in [-0.2, -0.15) is 0 Å². The molecule has 436 valence electrons. The molecule has 0 aliphatic heterocycles. The highest BCUT2D eigenvalue weighted by Crippen LogP contribution is 2.18. The zero-order chi connectivity index (χ0) is 53.6. The van der Waals surface area contributed by atoms with Gasteiger partial charge in [-0.05, 0) is 51.4 Å². The van der Waals surface area contributed by atoms with Crippen molar-refractivity contribution >= 4 is 17.9 Å². The first-order valence-electron chi connectivity index (χ1n) is 33.3. The van der Waals surface area contributed by atoms with Gasteiger partial charge in [-0.1, -0.05) is 328 Å². The number of ether oxygens (including phenoxy) is 3. The predicted octanol–water partition coefficient (Wildman–Crippen LogP) is 22.6. The number of esters is 3. The molecule has 0 heterocycles. The number of allylic oxidation sites excluding steroid dienone is 4. The van der Waals surface area contributed by atoms with Crippen molar-refractivity contribution in [1.29, 1.82) is 0 Å². The van der Waals surface area contributed by atoms with Crippen LogP contribution in [-0.2, 0) is 28.6 Å². The van der Waals surface area contributed by atoms with Crippen LogP contribution in [0.5, 0.6) is 0 Å². The number of hydrogen-bond acceptors (Lipinski definition) is 6. The fourth-order valence-electron chi connectivity index (χ4n) is 10.2. The fraction of sp³-hybridized carbons (Fsp3) is 0.897. The van der Waals surface area contributed by atoms with Gasteiger partial charge in [0.05, 0.1) is 0 Å². The summed E-state index contributed by atoms with van der Waals surface area (Å²) in [4.78, 5) is 38.2. The number of rotatable bonds is 62. The van der Waals surface area contributed by atoms with Crippen molar-refractivity contribution in [2.24, 2.45) is 0 Å². The molecule has 1 unspecified atom stereocenters. The Balaban J connectivity index is 4.11. The summed E-state index contributed by atoms with van der Waals surface area (Å²) in [5, 5.41) is 0. The van der Waals surface area contributed by atoms with Crippen molar-refractivity contribution < 1.29 is 28.6 Å². The van der Waals surface area contributed by atoms with Gasteiger partial charge in [0, 0.05) is 19.3 Å². The van der Waals surface area contributed by atoms with E-state index in [1.807, 2.05) is 0 Å². The maximum atomic E-state index is 12.9. The molecule has 74 heavy (non-hydrogen) atoms. The second-order valence-electron chi connectivity index (χ2n) is 22.7. The Morgan fingerprint density at radius 2 is 0.486 bits per heavy atom. The minimum absolute atomic E-state index is 0.0713. The lowest BCUT2D eigenvalue weighted by molar-refractivity contribution is -0.167. The van der Waals surface area contributed by atoms with Gasteiger partial charge in [0.25, 0.3) is 0 Å². The minimum Gasteiger partial charge on any atom is -0.462 e. The van der Waals surface area contributed by atoms with E-state index in [1.165, 1.54) is 257 Å². The maximum absolute atomic E-state index is 12.9. The summed E-state index contributed by atoms with van der Waals surface area (Å²) in [6, 6.07) is 0. The lowest BCUT2D eigenvalue weighted by atomic mass is 10.0. The number of carbonyl (C=O) groups is 3. The van der Waals surface area contributed by atoms with Crippen LogP contribution in [0.25, 0.3) is 0 Å². The Hall–Kier alpha value is -2.11. The molecule has 0 saturated carbocycles. The normalized spacial score (nSPS) is 12.1. The zero-order valence-corrected chi connectivity index (χ0v) is 50.1. The fourth-order valence-corrected chi connectivity index (χ4v) is 10.2. The van der Waals surface area contributed by atoms with E-state index in [1.54, 1.807) is 0 Å². The summed E-state index contributed by atoms with van der Waals surface area (Å²) in [5.41, 5.74) is 0. The highest BCUT2D eigenvalue weighted by Gasteiger charge is 2.19. The average Bonchev–Trinajstić information content (AvgIpc) is 3.40. The lowest BCUT2D eigenvalue weighted by Crippen LogP contribution is -2.30. The first-order chi connectivity index (χ1) is 36.5. The summed E-state index contributed by atoms with van der Waals surface area (Å²) in [7, 11) is 0. The van der Waals surface area contributed by atoms with E-state index in [9.17, 15) is 14.4 Å². The SMILES string of the molecule is CCCCCC/C=C\C/C=C\CCCCCCCC(=O)OC(COC(=O)CCCCCCCCCCCCC)COC(=O)CCCCCCCCCCCCCCCCCCCCCCCCCCCCCCC. The van der Waals surface area contributed by atoms with Crippen molar-refractivity contribution in [3.05, 3.63) is 24.3 Å². The Morgan fingerprint density at radius 1 is 0.270 bits per heavy atom. The second-order valence-corrected chi connectivity index (χ2v) is 22.7. The molecule has 0 saturated heterocycles. The summed E-state index contributed by atoms with van der Waals surface area (Å²) < 4.78 is 16.9. The Kier molecular flexibility index (Phi) is 61.6. The van der Waals surface area contributed by atoms with Gasteiger partial charge in [-0.15, -0.1) is 0 Å². The van der Waals surface area contributed by atoms with E-state index < -0.39 is 6.10 Å². The monoisotopic (exact) mass is 1040 g/mol. The van der Waals surface area contributed by atoms with Crippen LogP contribution in [0.4, 0.5) is 0 Å². The Morgan fingerprint density at radius 3 is 0.757 bits per heavy atom. The van der Waals surface area contributed by atoms with E-state index in [2.05, 4.69) is 45.1 Å². The van der Waals surface area contributed by atoms with Crippen LogP contribution in [0, 0.1) is 0 Å². The van der Waals surface area contributed by atoms with Crippen molar-refractivity contribution in [3.63, 3.8) is 0 Å². The van der Waals surface area contributed by atoms with E-state index in [4.69, 9.17) is 14.2 Å². The highest BCUT2D eigenvalue weighted by molar-refractivity contribution is 5.71. The third kappa shape index (κ3) is 60.8. The zero-order valence-electron chi connectivity index (χ0n) is 50.1. The van der Waals surface area contributed by atoms with Crippen molar-refractivity contribution in [2.45, 2.75) is 380 Å². The largest absolute Gasteiger partial charge is 0.462 e. The molecule has 0 aromatic rings. The number of hydrogen-bond donors (Lipinski definition) is 0. The average molecular weight is 1040 g/mol. The highest BCUT2D eigenvalue weighted by atomic mass is 16.6. The van der Waals surface area contributed by atoms with Gasteiger partial charge in [-0.3, -0.25) is 14.4 Å². The van der Waals surface area contributed by atoms with Crippen LogP contribution in [-0.4, -0.2) is 37.2 Å². The van der Waals surface area contributed by atoms with Crippen LogP contribution in [0.15, 0.2) is 24.3 Å². The van der Waals surface area contributed by atoms with Crippen LogP contribution in [0.3, 0.4) is 0 Å². The summed E-state index contributed by atoms with van der Waals surface area (Å²) in [6.07, 6.45) is 76.4. The molecule has 0 N–H and O–H groups in total. The molecule has 0 bridgehead atoms. The molecule has 0 rings (SSSR count). The first-order valence-corrected chi connectivity index (χ1v) is 33.3. The standard InChI is InChI=1S/C68H128O6/c1-4-7-10-13-16-19-22-24-26-28-29-30-31-32-33-34-35-36-37-38-39-40-42-43-46-49-52-55-58-61-67(70)73-64-65(63-72-66(69)60-57-54-51-48-45-21-18-15-12-9-6-3)74-68(71)62-59-56-53-50-47-44-41-27-25-23-20-17-14-11-8-5-2/h20,23,27,41,65H,4-19,21-22,24-26,28-40,42-64H2,1-3H3/b23-20-,41-27-. The molecule has 0 aliphatic carbocycles. The molecule has 6 nitrogen and oxygen atoms in total. The topological polar surface area (TPSA) is 78.9 Å². The van der Waals surface area contributed by atoms with Crippen molar-refractivity contribution in [3.8, 4) is 0 Å². The molecular weight excluding hydrogens is 913 g/mol. The summed E-state index contributed by atoms with van der Waals surface area (Å²) in [5.74, 6) is -0.861. The molecular formula is C68H128O6. The van der Waals surface area contributed by atoms with Crippen LogP contribution in [0.1, 0.15) is 374 Å². The van der Waals surface area contributed by atoms with E-state index in [0.29, 0.717) is 19.3 Å². The molecule has 0 amide bonds. The van der Waals surface area contributed by atoms with E-state index in [-0.39, 0.29) is 31.1 Å². The minimum atomic E-state index is -0.774. The van der Waals surface area contributed by atoms with Gasteiger partial charge in [0.2, 0.25) is 0 Å². The number of unbranched alkanes of at least 4 members (excludes halogenated alkanes) is 47. The van der Waals surface area contributed by atoms with Crippen molar-refractivity contribution in [2.75, 3.05) is 13.2 Å². The third-order valence-corrected chi connectivity index (χ3v) is 15.2. The molecule has 0 aromatic carbocycles. The molecule has 0 aliphatic rings. The van der Waals surface area contributed by atoms with Gasteiger partial charge in [0.15, 0.2) is 6.10 Å². The van der Waals surface area contributed by atoms with Crippen LogP contribution in [0.2, 0.25) is 0 Å². The van der Waals surface area contributed by atoms with Crippen LogP contribution < -0.4 is 0 Å². The molecule has 0 spiro atoms. The molecule has 6 heteroatoms. The third-order valence-electron chi connectivity index (χ3n) is 15.2. The molecule has 0 fully saturated rings. The molecule has 0 aromatic heterocycles. The first kappa shape index (κ1) is 71.9. The predicted molar refractivity (Wildman–Crippen MR) is 321 cm³/mol. The Labute approximate surface area is 462 Å².